The molecule has 7 nitrogen and oxygen atoms in total. The van der Waals surface area contributed by atoms with Gasteiger partial charge in [-0.3, -0.25) is 4.98 Å². The maximum Gasteiger partial charge on any atom is 0.243 e. The molecule has 1 saturated heterocycles. The summed E-state index contributed by atoms with van der Waals surface area (Å²) in [6.45, 7) is 0.799. The molecule has 0 bridgehead atoms. The van der Waals surface area contributed by atoms with Crippen molar-refractivity contribution in [3.63, 3.8) is 0 Å². The summed E-state index contributed by atoms with van der Waals surface area (Å²) in [5.41, 5.74) is 0.648. The molecule has 0 atom stereocenters. The van der Waals surface area contributed by atoms with Gasteiger partial charge in [0.25, 0.3) is 0 Å². The predicted octanol–water partition coefficient (Wildman–Crippen LogP) is 3.35. The van der Waals surface area contributed by atoms with E-state index in [1.807, 2.05) is 18.2 Å². The fourth-order valence-corrected chi connectivity index (χ4v) is 4.69. The molecule has 1 aliphatic rings. The Balaban J connectivity index is 1.45. The zero-order chi connectivity index (χ0) is 18.9. The molecule has 0 saturated carbocycles. The standard InChI is InChI=1S/C18H17ClN4O3S/c19-14-4-6-15(7-5-14)27(24,25)23-11-8-13(9-12-23)18-21-17(22-26-18)16-3-1-2-10-20-16/h1-7,10,13H,8-9,11-12H2. The van der Waals surface area contributed by atoms with Crippen LogP contribution in [0.25, 0.3) is 11.5 Å². The first-order chi connectivity index (χ1) is 13.0. The van der Waals surface area contributed by atoms with Crippen molar-refractivity contribution in [2.45, 2.75) is 23.7 Å². The first kappa shape index (κ1) is 18.1. The molecule has 0 N–H and O–H groups in total. The van der Waals surface area contributed by atoms with Crippen LogP contribution in [0.5, 0.6) is 0 Å². The molecule has 3 aromatic rings. The number of sulfonamides is 1. The number of hydrogen-bond donors (Lipinski definition) is 0. The molecule has 0 aliphatic carbocycles. The second-order valence-electron chi connectivity index (χ2n) is 6.30. The molecule has 27 heavy (non-hydrogen) atoms. The Bertz CT molecular complexity index is 1010. The lowest BCUT2D eigenvalue weighted by Crippen LogP contribution is -2.37. The third kappa shape index (κ3) is 3.73. The number of hydrogen-bond acceptors (Lipinski definition) is 6. The van der Waals surface area contributed by atoms with Gasteiger partial charge in [0, 0.05) is 30.2 Å². The Morgan fingerprint density at radius 2 is 1.81 bits per heavy atom. The molecule has 1 aromatic carbocycles. The molecular formula is C18H17ClN4O3S. The zero-order valence-corrected chi connectivity index (χ0v) is 15.9. The largest absolute Gasteiger partial charge is 0.339 e. The van der Waals surface area contributed by atoms with E-state index in [1.54, 1.807) is 18.3 Å². The Hall–Kier alpha value is -2.29. The highest BCUT2D eigenvalue weighted by Crippen LogP contribution is 2.31. The normalized spacial score (nSPS) is 16.5. The van der Waals surface area contributed by atoms with Crippen molar-refractivity contribution in [3.05, 3.63) is 59.6 Å². The van der Waals surface area contributed by atoms with E-state index in [0.29, 0.717) is 48.4 Å². The van der Waals surface area contributed by atoms with Crippen LogP contribution in [0.15, 0.2) is 58.1 Å². The van der Waals surface area contributed by atoms with E-state index in [9.17, 15) is 8.42 Å². The summed E-state index contributed by atoms with van der Waals surface area (Å²) in [7, 11) is -3.52. The van der Waals surface area contributed by atoms with E-state index in [1.165, 1.54) is 16.4 Å². The predicted molar refractivity (Wildman–Crippen MR) is 99.7 cm³/mol. The van der Waals surface area contributed by atoms with Crippen molar-refractivity contribution in [3.8, 4) is 11.5 Å². The van der Waals surface area contributed by atoms with E-state index in [0.717, 1.165) is 0 Å². The van der Waals surface area contributed by atoms with Crippen LogP contribution in [-0.2, 0) is 10.0 Å². The SMILES string of the molecule is O=S(=O)(c1ccc(Cl)cc1)N1CCC(c2nc(-c3ccccn3)no2)CC1. The molecule has 140 valence electrons. The van der Waals surface area contributed by atoms with Crippen molar-refractivity contribution < 1.29 is 12.9 Å². The highest BCUT2D eigenvalue weighted by Gasteiger charge is 2.32. The van der Waals surface area contributed by atoms with E-state index in [2.05, 4.69) is 15.1 Å². The summed E-state index contributed by atoms with van der Waals surface area (Å²) in [4.78, 5) is 8.90. The van der Waals surface area contributed by atoms with Gasteiger partial charge < -0.3 is 4.52 Å². The maximum absolute atomic E-state index is 12.8. The first-order valence-electron chi connectivity index (χ1n) is 8.55. The van der Waals surface area contributed by atoms with Gasteiger partial charge in [-0.1, -0.05) is 22.8 Å². The van der Waals surface area contributed by atoms with Crippen LogP contribution in [0.1, 0.15) is 24.7 Å². The Labute approximate surface area is 162 Å². The van der Waals surface area contributed by atoms with E-state index in [4.69, 9.17) is 16.1 Å². The number of pyridine rings is 1. The molecular weight excluding hydrogens is 388 g/mol. The summed E-state index contributed by atoms with van der Waals surface area (Å²) in [5.74, 6) is 1.01. The van der Waals surface area contributed by atoms with Crippen LogP contribution in [0.4, 0.5) is 0 Å². The van der Waals surface area contributed by atoms with Gasteiger partial charge in [0.1, 0.15) is 5.69 Å². The molecule has 4 rings (SSSR count). The second kappa shape index (κ2) is 7.38. The molecule has 3 heterocycles. The van der Waals surface area contributed by atoms with Crippen molar-refractivity contribution in [2.24, 2.45) is 0 Å². The molecule has 9 heteroatoms. The van der Waals surface area contributed by atoms with Gasteiger partial charge in [0.15, 0.2) is 0 Å². The minimum Gasteiger partial charge on any atom is -0.339 e. The average molecular weight is 405 g/mol. The summed E-state index contributed by atoms with van der Waals surface area (Å²) >= 11 is 5.84. The summed E-state index contributed by atoms with van der Waals surface area (Å²) < 4.78 is 32.4. The first-order valence-corrected chi connectivity index (χ1v) is 10.4. The maximum atomic E-state index is 12.8. The quantitative estimate of drug-likeness (QED) is 0.662. The molecule has 2 aromatic heterocycles. The summed E-state index contributed by atoms with van der Waals surface area (Å²) in [5, 5.41) is 4.50. The summed E-state index contributed by atoms with van der Waals surface area (Å²) in [6.07, 6.45) is 2.92. The zero-order valence-electron chi connectivity index (χ0n) is 14.3. The van der Waals surface area contributed by atoms with Crippen molar-refractivity contribution in [1.29, 1.82) is 0 Å². The summed E-state index contributed by atoms with van der Waals surface area (Å²) in [6, 6.07) is 11.7. The lowest BCUT2D eigenvalue weighted by atomic mass is 9.98. The van der Waals surface area contributed by atoms with Crippen molar-refractivity contribution >= 4 is 21.6 Å². The lowest BCUT2D eigenvalue weighted by molar-refractivity contribution is 0.271. The van der Waals surface area contributed by atoms with Gasteiger partial charge in [-0.25, -0.2) is 8.42 Å². The molecule has 0 spiro atoms. The van der Waals surface area contributed by atoms with Gasteiger partial charge in [-0.15, -0.1) is 0 Å². The highest BCUT2D eigenvalue weighted by molar-refractivity contribution is 7.89. The van der Waals surface area contributed by atoms with Crippen LogP contribution < -0.4 is 0 Å². The van der Waals surface area contributed by atoms with Gasteiger partial charge >= 0.3 is 0 Å². The second-order valence-corrected chi connectivity index (χ2v) is 8.68. The third-order valence-electron chi connectivity index (χ3n) is 4.59. The van der Waals surface area contributed by atoms with Crippen LogP contribution in [0.2, 0.25) is 5.02 Å². The van der Waals surface area contributed by atoms with Crippen molar-refractivity contribution in [1.82, 2.24) is 19.4 Å². The number of rotatable bonds is 4. The molecule has 0 radical (unpaired) electrons. The van der Waals surface area contributed by atoms with Crippen LogP contribution in [-0.4, -0.2) is 40.9 Å². The van der Waals surface area contributed by atoms with Gasteiger partial charge in [-0.2, -0.15) is 9.29 Å². The number of aromatic nitrogens is 3. The fourth-order valence-electron chi connectivity index (χ4n) is 3.10. The lowest BCUT2D eigenvalue weighted by Gasteiger charge is -2.29. The Morgan fingerprint density at radius 3 is 2.48 bits per heavy atom. The molecule has 1 fully saturated rings. The number of nitrogens with zero attached hydrogens (tertiary/aromatic N) is 4. The van der Waals surface area contributed by atoms with Gasteiger partial charge in [0.2, 0.25) is 21.7 Å². The van der Waals surface area contributed by atoms with Crippen LogP contribution in [0, 0.1) is 0 Å². The monoisotopic (exact) mass is 404 g/mol. The van der Waals surface area contributed by atoms with Gasteiger partial charge in [0.05, 0.1) is 4.90 Å². The third-order valence-corrected chi connectivity index (χ3v) is 6.76. The van der Waals surface area contributed by atoms with Crippen molar-refractivity contribution in [2.75, 3.05) is 13.1 Å². The highest BCUT2D eigenvalue weighted by atomic mass is 35.5. The molecule has 1 aliphatic heterocycles. The van der Waals surface area contributed by atoms with Crippen LogP contribution >= 0.6 is 11.6 Å². The number of benzene rings is 1. The van der Waals surface area contributed by atoms with E-state index < -0.39 is 10.0 Å². The fraction of sp³-hybridized carbons (Fsp3) is 0.278. The molecule has 0 amide bonds. The Morgan fingerprint density at radius 1 is 1.07 bits per heavy atom. The van der Waals surface area contributed by atoms with E-state index >= 15 is 0 Å². The minimum absolute atomic E-state index is 0.0339. The van der Waals surface area contributed by atoms with Gasteiger partial charge in [-0.05, 0) is 49.2 Å². The molecule has 0 unspecified atom stereocenters. The number of piperidine rings is 1. The average Bonchev–Trinajstić information content (AvgIpc) is 3.19. The van der Waals surface area contributed by atoms with Crippen LogP contribution in [0.3, 0.4) is 0 Å². The topological polar surface area (TPSA) is 89.2 Å². The van der Waals surface area contributed by atoms with E-state index in [-0.39, 0.29) is 10.8 Å². The Kier molecular flexibility index (Phi) is 4.94. The smallest absolute Gasteiger partial charge is 0.243 e. The number of halogens is 1. The minimum atomic E-state index is -3.52.